The molecule has 0 radical (unpaired) electrons. The van der Waals surface area contributed by atoms with Gasteiger partial charge in [-0.2, -0.15) is 13.2 Å². The molecular weight excluding hydrogens is 465 g/mol. The number of nitrogens with one attached hydrogen (secondary N) is 3. The van der Waals surface area contributed by atoms with E-state index in [0.29, 0.717) is 18.5 Å². The van der Waals surface area contributed by atoms with E-state index in [-0.39, 0.29) is 35.9 Å². The molecule has 11 heteroatoms. The predicted molar refractivity (Wildman–Crippen MR) is 121 cm³/mol. The van der Waals surface area contributed by atoms with Gasteiger partial charge in [-0.3, -0.25) is 9.59 Å². The van der Waals surface area contributed by atoms with Crippen LogP contribution in [0, 0.1) is 0 Å². The second-order valence-electron chi connectivity index (χ2n) is 8.74. The first kappa shape index (κ1) is 24.4. The highest BCUT2D eigenvalue weighted by Crippen LogP contribution is 2.36. The Morgan fingerprint density at radius 2 is 1.69 bits per heavy atom. The summed E-state index contributed by atoms with van der Waals surface area (Å²) in [5.74, 6) is -0.953. The van der Waals surface area contributed by atoms with Gasteiger partial charge >= 0.3 is 12.3 Å². The second kappa shape index (κ2) is 9.85. The molecule has 2 aromatic carbocycles. The molecule has 35 heavy (non-hydrogen) atoms. The van der Waals surface area contributed by atoms with Crippen LogP contribution in [-0.2, 0) is 11.0 Å². The van der Waals surface area contributed by atoms with Crippen LogP contribution < -0.4 is 16.0 Å². The van der Waals surface area contributed by atoms with E-state index in [1.165, 1.54) is 23.1 Å². The zero-order valence-electron chi connectivity index (χ0n) is 18.6. The van der Waals surface area contributed by atoms with E-state index >= 15 is 0 Å². The van der Waals surface area contributed by atoms with Gasteiger partial charge in [-0.05, 0) is 56.0 Å². The van der Waals surface area contributed by atoms with Crippen molar-refractivity contribution < 1.29 is 32.7 Å². The van der Waals surface area contributed by atoms with E-state index in [1.807, 2.05) is 0 Å². The number of carbonyl (C=O) groups excluding carboxylic acids is 2. The van der Waals surface area contributed by atoms with Crippen LogP contribution in [0.15, 0.2) is 48.5 Å². The van der Waals surface area contributed by atoms with Gasteiger partial charge in [-0.25, -0.2) is 4.79 Å². The number of benzene rings is 2. The van der Waals surface area contributed by atoms with Gasteiger partial charge in [0.15, 0.2) is 0 Å². The Bertz CT molecular complexity index is 1110. The van der Waals surface area contributed by atoms with E-state index in [2.05, 4.69) is 16.0 Å². The Morgan fingerprint density at radius 3 is 2.34 bits per heavy atom. The number of amides is 3. The lowest BCUT2D eigenvalue weighted by atomic mass is 9.98. The number of nitrogens with zero attached hydrogens (tertiary/aromatic N) is 1. The summed E-state index contributed by atoms with van der Waals surface area (Å²) in [5.41, 5.74) is -0.184. The van der Waals surface area contributed by atoms with Crippen molar-refractivity contribution in [2.24, 2.45) is 0 Å². The minimum Gasteiger partial charge on any atom is -0.465 e. The van der Waals surface area contributed by atoms with Gasteiger partial charge in [-0.1, -0.05) is 18.2 Å². The fraction of sp³-hybridized carbons (Fsp3) is 0.375. The average Bonchev–Trinajstić information content (AvgIpc) is 3.08. The molecule has 2 saturated heterocycles. The van der Waals surface area contributed by atoms with Gasteiger partial charge in [0.25, 0.3) is 5.91 Å². The molecule has 2 bridgehead atoms. The highest BCUT2D eigenvalue weighted by molar-refractivity contribution is 6.01. The summed E-state index contributed by atoms with van der Waals surface area (Å²) in [7, 11) is 0. The molecule has 0 spiro atoms. The number of rotatable bonds is 6. The third-order valence-corrected chi connectivity index (χ3v) is 6.37. The van der Waals surface area contributed by atoms with Gasteiger partial charge in [0.05, 0.1) is 23.4 Å². The van der Waals surface area contributed by atoms with Gasteiger partial charge in [0.2, 0.25) is 5.91 Å². The van der Waals surface area contributed by atoms with Crippen LogP contribution in [0.3, 0.4) is 0 Å². The summed E-state index contributed by atoms with van der Waals surface area (Å²) in [4.78, 5) is 38.0. The van der Waals surface area contributed by atoms with E-state index < -0.39 is 29.6 Å². The fourth-order valence-corrected chi connectivity index (χ4v) is 4.86. The Morgan fingerprint density at radius 1 is 1.00 bits per heavy atom. The summed E-state index contributed by atoms with van der Waals surface area (Å²) in [5, 5.41) is 17.6. The number of hydrogen-bond donors (Lipinski definition) is 4. The minimum atomic E-state index is -4.49. The van der Waals surface area contributed by atoms with Crippen LogP contribution in [0.1, 0.15) is 41.6 Å². The Hall–Kier alpha value is -3.76. The second-order valence-corrected chi connectivity index (χ2v) is 8.74. The van der Waals surface area contributed by atoms with Crippen molar-refractivity contribution in [1.29, 1.82) is 0 Å². The lowest BCUT2D eigenvalue weighted by Crippen LogP contribution is -2.53. The van der Waals surface area contributed by atoms with Crippen molar-refractivity contribution in [3.05, 3.63) is 59.7 Å². The molecule has 0 aliphatic carbocycles. The molecule has 8 nitrogen and oxygen atoms in total. The summed E-state index contributed by atoms with van der Waals surface area (Å²) < 4.78 is 39.0. The monoisotopic (exact) mass is 490 g/mol. The summed E-state index contributed by atoms with van der Waals surface area (Å²) in [6.07, 6.45) is -2.82. The summed E-state index contributed by atoms with van der Waals surface area (Å²) >= 11 is 0. The molecule has 0 aromatic heterocycles. The Labute approximate surface area is 199 Å². The number of piperidine rings is 1. The third kappa shape index (κ3) is 5.67. The number of anilines is 2. The number of carbonyl (C=O) groups is 3. The molecule has 2 aliphatic heterocycles. The smallest absolute Gasteiger partial charge is 0.416 e. The summed E-state index contributed by atoms with van der Waals surface area (Å²) in [6, 6.07) is 10.6. The maximum absolute atomic E-state index is 13.0. The van der Waals surface area contributed by atoms with Crippen LogP contribution in [0.2, 0.25) is 0 Å². The zero-order valence-corrected chi connectivity index (χ0v) is 18.6. The van der Waals surface area contributed by atoms with E-state index in [1.54, 1.807) is 18.2 Å². The fourth-order valence-electron chi connectivity index (χ4n) is 4.86. The molecule has 2 aliphatic rings. The average molecular weight is 490 g/mol. The van der Waals surface area contributed by atoms with Gasteiger partial charge in [0.1, 0.15) is 0 Å². The van der Waals surface area contributed by atoms with Crippen LogP contribution in [0.4, 0.5) is 29.3 Å². The molecule has 4 N–H and O–H groups in total. The predicted octanol–water partition coefficient (Wildman–Crippen LogP) is 3.97. The molecule has 2 fully saturated rings. The van der Waals surface area contributed by atoms with Crippen molar-refractivity contribution in [2.45, 2.75) is 50.0 Å². The molecular formula is C24H25F3N4O4. The maximum Gasteiger partial charge on any atom is 0.416 e. The molecule has 3 atom stereocenters. The Balaban J connectivity index is 1.34. The number of fused-ring (bicyclic) bond motifs is 2. The summed E-state index contributed by atoms with van der Waals surface area (Å²) in [6.45, 7) is -0.287. The normalized spacial score (nSPS) is 21.3. The van der Waals surface area contributed by atoms with E-state index in [9.17, 15) is 32.7 Å². The number of alkyl halides is 3. The largest absolute Gasteiger partial charge is 0.465 e. The van der Waals surface area contributed by atoms with Crippen molar-refractivity contribution in [3.8, 4) is 0 Å². The highest BCUT2D eigenvalue weighted by Gasteiger charge is 2.43. The van der Waals surface area contributed by atoms with Crippen LogP contribution >= 0.6 is 0 Å². The molecule has 4 rings (SSSR count). The van der Waals surface area contributed by atoms with Crippen molar-refractivity contribution >= 4 is 29.3 Å². The molecule has 186 valence electrons. The van der Waals surface area contributed by atoms with Crippen molar-refractivity contribution in [1.82, 2.24) is 15.5 Å². The van der Waals surface area contributed by atoms with E-state index in [0.717, 1.165) is 25.0 Å². The lowest BCUT2D eigenvalue weighted by molar-refractivity contribution is -0.137. The minimum absolute atomic E-state index is 0.111. The number of para-hydroxylation sites is 1. The van der Waals surface area contributed by atoms with Gasteiger partial charge < -0.3 is 26.0 Å². The van der Waals surface area contributed by atoms with Crippen LogP contribution in [-0.4, -0.2) is 52.6 Å². The van der Waals surface area contributed by atoms with Crippen molar-refractivity contribution in [2.75, 3.05) is 11.9 Å². The molecule has 0 unspecified atom stereocenters. The molecule has 3 amide bonds. The first-order chi connectivity index (χ1) is 16.6. The first-order valence-corrected chi connectivity index (χ1v) is 11.2. The van der Waals surface area contributed by atoms with Gasteiger partial charge in [0, 0.05) is 23.8 Å². The standard InChI is InChI=1S/C24H25F3N4O4/c25-24(26,27)14-4-3-5-15(10-14)29-20-7-2-1-6-19(20)22(33)28-13-21(32)30-16-11-17-8-9-18(12-16)31(17)23(34)35/h1-7,10,16-18,29H,8-9,11-13H2,(H,28,33)(H,30,32)(H,34,35)/t16-,17+,18-. The molecule has 2 aromatic rings. The lowest BCUT2D eigenvalue weighted by Gasteiger charge is -2.37. The van der Waals surface area contributed by atoms with Crippen molar-refractivity contribution in [3.63, 3.8) is 0 Å². The highest BCUT2D eigenvalue weighted by atomic mass is 19.4. The maximum atomic E-state index is 13.0. The Kier molecular flexibility index (Phi) is 6.86. The zero-order chi connectivity index (χ0) is 25.2. The van der Waals surface area contributed by atoms with E-state index in [4.69, 9.17) is 0 Å². The number of carboxylic acid groups (broad SMARTS) is 1. The van der Waals surface area contributed by atoms with Crippen LogP contribution in [0.25, 0.3) is 0 Å². The topological polar surface area (TPSA) is 111 Å². The van der Waals surface area contributed by atoms with Gasteiger partial charge in [-0.15, -0.1) is 0 Å². The molecule has 2 heterocycles. The number of hydrogen-bond acceptors (Lipinski definition) is 4. The first-order valence-electron chi connectivity index (χ1n) is 11.2. The number of halogens is 3. The van der Waals surface area contributed by atoms with Crippen LogP contribution in [0.5, 0.6) is 0 Å². The SMILES string of the molecule is O=C(CNC(=O)c1ccccc1Nc1cccc(C(F)(F)F)c1)N[C@H]1C[C@H]2CC[C@@H](C1)N2C(=O)O. The quantitative estimate of drug-likeness (QED) is 0.490. The third-order valence-electron chi connectivity index (χ3n) is 6.37. The molecule has 0 saturated carbocycles.